The SMILES string of the molecule is CC1CNCCC1NC(=O)CCNc1ncc(C(F)(F)F)cc1Cl.Cl.Cl. The molecule has 0 bridgehead atoms. The number of alkyl halides is 3. The van der Waals surface area contributed by atoms with E-state index in [1.54, 1.807) is 0 Å². The monoisotopic (exact) mass is 436 g/mol. The average molecular weight is 438 g/mol. The van der Waals surface area contributed by atoms with Crippen molar-refractivity contribution < 1.29 is 18.0 Å². The van der Waals surface area contributed by atoms with E-state index < -0.39 is 11.7 Å². The van der Waals surface area contributed by atoms with Crippen molar-refractivity contribution in [1.29, 1.82) is 0 Å². The van der Waals surface area contributed by atoms with Crippen LogP contribution >= 0.6 is 36.4 Å². The molecular formula is C15H22Cl3F3N4O. The molecule has 1 aliphatic heterocycles. The summed E-state index contributed by atoms with van der Waals surface area (Å²) in [5, 5.41) is 8.89. The second kappa shape index (κ2) is 11.0. The predicted molar refractivity (Wildman–Crippen MR) is 100 cm³/mol. The average Bonchev–Trinajstić information content (AvgIpc) is 2.50. The summed E-state index contributed by atoms with van der Waals surface area (Å²) in [6.07, 6.45) is -2.70. The summed E-state index contributed by atoms with van der Waals surface area (Å²) in [7, 11) is 0. The van der Waals surface area contributed by atoms with Gasteiger partial charge in [0.1, 0.15) is 5.82 Å². The number of anilines is 1. The molecule has 5 nitrogen and oxygen atoms in total. The van der Waals surface area contributed by atoms with Crippen LogP contribution in [0.4, 0.5) is 19.0 Å². The Labute approximate surface area is 167 Å². The molecule has 0 radical (unpaired) electrons. The largest absolute Gasteiger partial charge is 0.417 e. The summed E-state index contributed by atoms with van der Waals surface area (Å²) >= 11 is 5.79. The van der Waals surface area contributed by atoms with Gasteiger partial charge in [-0.3, -0.25) is 4.79 Å². The molecule has 150 valence electrons. The summed E-state index contributed by atoms with van der Waals surface area (Å²) < 4.78 is 37.6. The van der Waals surface area contributed by atoms with Gasteiger partial charge in [0.15, 0.2) is 0 Å². The predicted octanol–water partition coefficient (Wildman–Crippen LogP) is 3.51. The quantitative estimate of drug-likeness (QED) is 0.659. The van der Waals surface area contributed by atoms with Gasteiger partial charge in [0.05, 0.1) is 10.6 Å². The fourth-order valence-corrected chi connectivity index (χ4v) is 2.76. The number of carbonyl (C=O) groups excluding carboxylic acids is 1. The molecule has 1 aromatic rings. The van der Waals surface area contributed by atoms with Crippen LogP contribution in [0.3, 0.4) is 0 Å². The van der Waals surface area contributed by atoms with Gasteiger partial charge in [-0.1, -0.05) is 18.5 Å². The molecule has 1 aromatic heterocycles. The van der Waals surface area contributed by atoms with E-state index in [-0.39, 0.29) is 60.6 Å². The van der Waals surface area contributed by atoms with E-state index in [0.717, 1.165) is 25.6 Å². The van der Waals surface area contributed by atoms with E-state index in [1.165, 1.54) is 0 Å². The Kier molecular flexibility index (Phi) is 10.6. The maximum Gasteiger partial charge on any atom is 0.417 e. The Bertz CT molecular complexity index is 590. The van der Waals surface area contributed by atoms with Crippen LogP contribution in [-0.4, -0.2) is 36.6 Å². The lowest BCUT2D eigenvalue weighted by molar-refractivity contribution is -0.137. The number of piperidine rings is 1. The van der Waals surface area contributed by atoms with Crippen molar-refractivity contribution in [2.45, 2.75) is 32.0 Å². The normalized spacial score (nSPS) is 19.7. The molecular weight excluding hydrogens is 416 g/mol. The minimum Gasteiger partial charge on any atom is -0.368 e. The minimum atomic E-state index is -4.49. The first-order valence-electron chi connectivity index (χ1n) is 7.74. The summed E-state index contributed by atoms with van der Waals surface area (Å²) in [5.74, 6) is 0.388. The van der Waals surface area contributed by atoms with Gasteiger partial charge in [-0.25, -0.2) is 4.98 Å². The highest BCUT2D eigenvalue weighted by molar-refractivity contribution is 6.32. The van der Waals surface area contributed by atoms with Crippen LogP contribution in [0.2, 0.25) is 5.02 Å². The second-order valence-corrected chi connectivity index (χ2v) is 6.28. The second-order valence-electron chi connectivity index (χ2n) is 5.87. The minimum absolute atomic E-state index is 0. The van der Waals surface area contributed by atoms with Crippen molar-refractivity contribution in [3.8, 4) is 0 Å². The molecule has 2 rings (SSSR count). The molecule has 0 aliphatic carbocycles. The lowest BCUT2D eigenvalue weighted by Crippen LogP contribution is -2.48. The van der Waals surface area contributed by atoms with Crippen molar-refractivity contribution >= 4 is 48.1 Å². The number of carbonyl (C=O) groups is 1. The third-order valence-corrected chi connectivity index (χ3v) is 4.23. The fourth-order valence-electron chi connectivity index (χ4n) is 2.52. The van der Waals surface area contributed by atoms with Gasteiger partial charge in [-0.15, -0.1) is 24.8 Å². The molecule has 1 amide bonds. The molecule has 3 N–H and O–H groups in total. The van der Waals surface area contributed by atoms with E-state index in [9.17, 15) is 18.0 Å². The highest BCUT2D eigenvalue weighted by Crippen LogP contribution is 2.32. The molecule has 2 heterocycles. The van der Waals surface area contributed by atoms with Gasteiger partial charge in [-0.2, -0.15) is 13.2 Å². The van der Waals surface area contributed by atoms with Gasteiger partial charge in [0, 0.05) is 25.2 Å². The van der Waals surface area contributed by atoms with Crippen molar-refractivity contribution in [1.82, 2.24) is 15.6 Å². The number of halogens is 6. The molecule has 1 aliphatic rings. The van der Waals surface area contributed by atoms with E-state index in [0.29, 0.717) is 12.1 Å². The Morgan fingerprint density at radius 1 is 1.42 bits per heavy atom. The van der Waals surface area contributed by atoms with Crippen LogP contribution in [0.15, 0.2) is 12.3 Å². The molecule has 2 unspecified atom stereocenters. The summed E-state index contributed by atoms with van der Waals surface area (Å²) in [6.45, 7) is 4.05. The first-order chi connectivity index (χ1) is 11.3. The number of aromatic nitrogens is 1. The summed E-state index contributed by atoms with van der Waals surface area (Å²) in [6, 6.07) is 0.958. The van der Waals surface area contributed by atoms with Crippen LogP contribution < -0.4 is 16.0 Å². The lowest BCUT2D eigenvalue weighted by atomic mass is 9.95. The fraction of sp³-hybridized carbons (Fsp3) is 0.600. The van der Waals surface area contributed by atoms with Crippen molar-refractivity contribution in [3.05, 3.63) is 22.8 Å². The molecule has 26 heavy (non-hydrogen) atoms. The zero-order chi connectivity index (χ0) is 17.7. The van der Waals surface area contributed by atoms with Crippen molar-refractivity contribution in [2.24, 2.45) is 5.92 Å². The molecule has 0 aromatic carbocycles. The molecule has 1 saturated heterocycles. The first-order valence-corrected chi connectivity index (χ1v) is 8.12. The molecule has 1 fully saturated rings. The highest BCUT2D eigenvalue weighted by Gasteiger charge is 2.31. The first kappa shape index (κ1) is 25.0. The highest BCUT2D eigenvalue weighted by atomic mass is 35.5. The van der Waals surface area contributed by atoms with E-state index in [4.69, 9.17) is 11.6 Å². The third-order valence-electron chi connectivity index (χ3n) is 3.94. The Morgan fingerprint density at radius 3 is 2.69 bits per heavy atom. The molecule has 0 spiro atoms. The topological polar surface area (TPSA) is 66.0 Å². The van der Waals surface area contributed by atoms with Crippen LogP contribution in [0, 0.1) is 5.92 Å². The summed E-state index contributed by atoms with van der Waals surface area (Å²) in [4.78, 5) is 15.6. The Balaban J connectivity index is 0.00000312. The molecule has 11 heteroatoms. The van der Waals surface area contributed by atoms with Crippen LogP contribution in [0.5, 0.6) is 0 Å². The maximum absolute atomic E-state index is 12.5. The zero-order valence-electron chi connectivity index (χ0n) is 14.0. The number of nitrogens with one attached hydrogen (secondary N) is 3. The number of pyridine rings is 1. The van der Waals surface area contributed by atoms with E-state index >= 15 is 0 Å². The van der Waals surface area contributed by atoms with Gasteiger partial charge in [0.25, 0.3) is 0 Å². The van der Waals surface area contributed by atoms with E-state index in [2.05, 4.69) is 27.9 Å². The zero-order valence-corrected chi connectivity index (χ0v) is 16.4. The van der Waals surface area contributed by atoms with Crippen LogP contribution in [-0.2, 0) is 11.0 Å². The third kappa shape index (κ3) is 7.34. The molecule has 2 atom stereocenters. The van der Waals surface area contributed by atoms with Crippen molar-refractivity contribution in [2.75, 3.05) is 25.0 Å². The lowest BCUT2D eigenvalue weighted by Gasteiger charge is -2.30. The Hall–Kier alpha value is -0.960. The number of rotatable bonds is 5. The number of hydrogen-bond acceptors (Lipinski definition) is 4. The van der Waals surface area contributed by atoms with Crippen LogP contribution in [0.25, 0.3) is 0 Å². The number of nitrogens with zero attached hydrogens (tertiary/aromatic N) is 1. The molecule has 0 saturated carbocycles. The van der Waals surface area contributed by atoms with Crippen LogP contribution in [0.1, 0.15) is 25.3 Å². The Morgan fingerprint density at radius 2 is 2.12 bits per heavy atom. The standard InChI is InChI=1S/C15H20ClF3N4O.2ClH/c1-9-7-20-4-2-12(9)23-13(24)3-5-21-14-11(16)6-10(8-22-14)15(17,18)19;;/h6,8-9,12,20H,2-5,7H2,1H3,(H,21,22)(H,23,24);2*1H. The van der Waals surface area contributed by atoms with Gasteiger partial charge in [0.2, 0.25) is 5.91 Å². The van der Waals surface area contributed by atoms with Crippen molar-refractivity contribution in [3.63, 3.8) is 0 Å². The number of hydrogen-bond donors (Lipinski definition) is 3. The van der Waals surface area contributed by atoms with E-state index in [1.807, 2.05) is 0 Å². The summed E-state index contributed by atoms with van der Waals surface area (Å²) in [5.41, 5.74) is -0.907. The maximum atomic E-state index is 12.5. The van der Waals surface area contributed by atoms with Gasteiger partial charge in [-0.05, 0) is 31.5 Å². The van der Waals surface area contributed by atoms with Gasteiger partial charge < -0.3 is 16.0 Å². The smallest absolute Gasteiger partial charge is 0.368 e. The number of amides is 1. The van der Waals surface area contributed by atoms with Gasteiger partial charge >= 0.3 is 6.18 Å².